The predicted octanol–water partition coefficient (Wildman–Crippen LogP) is 3.03. The van der Waals surface area contributed by atoms with Crippen LogP contribution in [0.5, 0.6) is 0 Å². The zero-order valence-electron chi connectivity index (χ0n) is 12.5. The Morgan fingerprint density at radius 2 is 2.13 bits per heavy atom. The molecule has 1 atom stereocenters. The molecule has 2 aromatic rings. The number of nitrogens with zero attached hydrogens (tertiary/aromatic N) is 1. The van der Waals surface area contributed by atoms with E-state index in [2.05, 4.69) is 5.32 Å². The predicted molar refractivity (Wildman–Crippen MR) is 91.6 cm³/mol. The molecule has 1 aromatic heterocycles. The Morgan fingerprint density at radius 1 is 1.30 bits per heavy atom. The van der Waals surface area contributed by atoms with E-state index in [1.807, 2.05) is 29.6 Å². The van der Waals surface area contributed by atoms with Gasteiger partial charge in [-0.2, -0.15) is 0 Å². The van der Waals surface area contributed by atoms with Crippen molar-refractivity contribution in [1.82, 2.24) is 10.2 Å². The van der Waals surface area contributed by atoms with Crippen molar-refractivity contribution in [3.05, 3.63) is 57.2 Å². The Morgan fingerprint density at radius 3 is 2.87 bits per heavy atom. The van der Waals surface area contributed by atoms with Gasteiger partial charge in [0.2, 0.25) is 11.8 Å². The van der Waals surface area contributed by atoms with E-state index in [1.165, 1.54) is 4.88 Å². The largest absolute Gasteiger partial charge is 0.352 e. The first-order valence-electron chi connectivity index (χ1n) is 7.51. The van der Waals surface area contributed by atoms with E-state index in [4.69, 9.17) is 11.6 Å². The number of rotatable bonds is 4. The van der Waals surface area contributed by atoms with Gasteiger partial charge in [0.1, 0.15) is 6.04 Å². The molecule has 1 N–H and O–H groups in total. The lowest BCUT2D eigenvalue weighted by atomic mass is 10.0. The number of benzene rings is 1. The lowest BCUT2D eigenvalue weighted by Crippen LogP contribution is -2.52. The van der Waals surface area contributed by atoms with Crippen molar-refractivity contribution in [3.8, 4) is 0 Å². The maximum Gasteiger partial charge on any atom is 0.247 e. The normalized spacial score (nSPS) is 17.9. The smallest absolute Gasteiger partial charge is 0.247 e. The van der Waals surface area contributed by atoms with Crippen molar-refractivity contribution in [2.24, 2.45) is 0 Å². The fraction of sp³-hybridized carbons (Fsp3) is 0.294. The molecule has 0 bridgehead atoms. The standard InChI is InChI=1S/C17H17ClN2O2S/c18-14-6-2-1-5-13(14)16-17(22)19-9-10-20(16)15(21)8-7-12-4-3-11-23-12/h1-6,11,16H,7-10H2,(H,19,22). The van der Waals surface area contributed by atoms with Crippen molar-refractivity contribution in [3.63, 3.8) is 0 Å². The topological polar surface area (TPSA) is 49.4 Å². The minimum atomic E-state index is -0.645. The summed E-state index contributed by atoms with van der Waals surface area (Å²) in [5, 5.41) is 5.33. The lowest BCUT2D eigenvalue weighted by Gasteiger charge is -2.35. The fourth-order valence-corrected chi connectivity index (χ4v) is 3.72. The van der Waals surface area contributed by atoms with Crippen molar-refractivity contribution in [2.45, 2.75) is 18.9 Å². The number of thiophene rings is 1. The molecule has 1 fully saturated rings. The number of hydrogen-bond acceptors (Lipinski definition) is 3. The van der Waals surface area contributed by atoms with Gasteiger partial charge in [-0.3, -0.25) is 9.59 Å². The van der Waals surface area contributed by atoms with E-state index in [-0.39, 0.29) is 11.8 Å². The molecule has 1 saturated heterocycles. The summed E-state index contributed by atoms with van der Waals surface area (Å²) in [5.41, 5.74) is 0.677. The van der Waals surface area contributed by atoms with Gasteiger partial charge >= 0.3 is 0 Å². The van der Waals surface area contributed by atoms with Crippen molar-refractivity contribution in [2.75, 3.05) is 13.1 Å². The summed E-state index contributed by atoms with van der Waals surface area (Å²) in [6.45, 7) is 0.982. The molecule has 4 nitrogen and oxygen atoms in total. The Labute approximate surface area is 144 Å². The monoisotopic (exact) mass is 348 g/mol. The summed E-state index contributed by atoms with van der Waals surface area (Å²) in [6.07, 6.45) is 1.10. The lowest BCUT2D eigenvalue weighted by molar-refractivity contribution is -0.143. The van der Waals surface area contributed by atoms with E-state index in [0.29, 0.717) is 36.5 Å². The number of amides is 2. The third-order valence-electron chi connectivity index (χ3n) is 3.90. The number of piperazine rings is 1. The fourth-order valence-electron chi connectivity index (χ4n) is 2.77. The quantitative estimate of drug-likeness (QED) is 0.923. The van der Waals surface area contributed by atoms with Crippen LogP contribution in [0.1, 0.15) is 22.9 Å². The van der Waals surface area contributed by atoms with Crippen LogP contribution in [0.15, 0.2) is 41.8 Å². The van der Waals surface area contributed by atoms with Crippen LogP contribution in [0.3, 0.4) is 0 Å². The molecule has 2 heterocycles. The molecule has 23 heavy (non-hydrogen) atoms. The number of carbonyl (C=O) groups is 2. The summed E-state index contributed by atoms with van der Waals surface area (Å²) >= 11 is 7.88. The summed E-state index contributed by atoms with van der Waals surface area (Å²) < 4.78 is 0. The van der Waals surface area contributed by atoms with Crippen LogP contribution in [0, 0.1) is 0 Å². The molecular weight excluding hydrogens is 332 g/mol. The number of nitrogens with one attached hydrogen (secondary N) is 1. The molecule has 1 unspecified atom stereocenters. The Bertz CT molecular complexity index is 702. The number of carbonyl (C=O) groups excluding carboxylic acids is 2. The maximum absolute atomic E-state index is 12.6. The number of aryl methyl sites for hydroxylation is 1. The molecule has 0 aliphatic carbocycles. The first-order valence-corrected chi connectivity index (χ1v) is 8.76. The third kappa shape index (κ3) is 3.57. The Balaban J connectivity index is 1.79. The molecule has 1 aromatic carbocycles. The Kier molecular flexibility index (Phi) is 4.98. The van der Waals surface area contributed by atoms with Crippen LogP contribution in [0.25, 0.3) is 0 Å². The van der Waals surface area contributed by atoms with Gasteiger partial charge in [0, 0.05) is 35.0 Å². The van der Waals surface area contributed by atoms with Crippen molar-refractivity contribution in [1.29, 1.82) is 0 Å². The van der Waals surface area contributed by atoms with Crippen molar-refractivity contribution >= 4 is 34.8 Å². The van der Waals surface area contributed by atoms with Gasteiger partial charge in [-0.25, -0.2) is 0 Å². The van der Waals surface area contributed by atoms with Crippen LogP contribution in [0.2, 0.25) is 5.02 Å². The molecule has 0 saturated carbocycles. The first-order chi connectivity index (χ1) is 11.2. The Hall–Kier alpha value is -1.85. The first kappa shape index (κ1) is 16.0. The minimum absolute atomic E-state index is 0.0156. The van der Waals surface area contributed by atoms with E-state index in [9.17, 15) is 9.59 Å². The average Bonchev–Trinajstić information content (AvgIpc) is 3.07. The van der Waals surface area contributed by atoms with Crippen LogP contribution in [-0.4, -0.2) is 29.8 Å². The highest BCUT2D eigenvalue weighted by molar-refractivity contribution is 7.09. The number of hydrogen-bond donors (Lipinski definition) is 1. The molecule has 1 aliphatic heterocycles. The van der Waals surface area contributed by atoms with E-state index in [1.54, 1.807) is 28.4 Å². The van der Waals surface area contributed by atoms with E-state index in [0.717, 1.165) is 0 Å². The van der Waals surface area contributed by atoms with Crippen molar-refractivity contribution < 1.29 is 9.59 Å². The summed E-state index contributed by atoms with van der Waals surface area (Å²) in [7, 11) is 0. The highest BCUT2D eigenvalue weighted by Gasteiger charge is 2.35. The molecule has 0 spiro atoms. The van der Waals surface area contributed by atoms with Gasteiger partial charge in [-0.05, 0) is 23.9 Å². The van der Waals surface area contributed by atoms with Gasteiger partial charge in [0.05, 0.1) is 0 Å². The average molecular weight is 349 g/mol. The maximum atomic E-state index is 12.6. The van der Waals surface area contributed by atoms with E-state index >= 15 is 0 Å². The van der Waals surface area contributed by atoms with Gasteiger partial charge < -0.3 is 10.2 Å². The van der Waals surface area contributed by atoms with Gasteiger partial charge in [-0.15, -0.1) is 11.3 Å². The van der Waals surface area contributed by atoms with Crippen LogP contribution in [-0.2, 0) is 16.0 Å². The highest BCUT2D eigenvalue weighted by Crippen LogP contribution is 2.30. The summed E-state index contributed by atoms with van der Waals surface area (Å²) in [4.78, 5) is 27.8. The van der Waals surface area contributed by atoms with Crippen LogP contribution < -0.4 is 5.32 Å². The zero-order chi connectivity index (χ0) is 16.2. The van der Waals surface area contributed by atoms with Crippen LogP contribution >= 0.6 is 22.9 Å². The highest BCUT2D eigenvalue weighted by atomic mass is 35.5. The van der Waals surface area contributed by atoms with E-state index < -0.39 is 6.04 Å². The van der Waals surface area contributed by atoms with Gasteiger partial charge in [0.15, 0.2) is 0 Å². The van der Waals surface area contributed by atoms with Gasteiger partial charge in [0.25, 0.3) is 0 Å². The molecule has 1 aliphatic rings. The molecule has 6 heteroatoms. The second-order valence-corrected chi connectivity index (χ2v) is 6.82. The third-order valence-corrected chi connectivity index (χ3v) is 5.18. The minimum Gasteiger partial charge on any atom is -0.352 e. The SMILES string of the molecule is O=C1NCCN(C(=O)CCc2cccs2)C1c1ccccc1Cl. The summed E-state index contributed by atoms with van der Waals surface area (Å²) in [5.74, 6) is -0.188. The summed E-state index contributed by atoms with van der Waals surface area (Å²) in [6, 6.07) is 10.5. The zero-order valence-corrected chi connectivity index (χ0v) is 14.1. The second-order valence-electron chi connectivity index (χ2n) is 5.38. The number of halogens is 1. The molecular formula is C17H17ClN2O2S. The van der Waals surface area contributed by atoms with Gasteiger partial charge in [-0.1, -0.05) is 35.9 Å². The molecule has 0 radical (unpaired) electrons. The second kappa shape index (κ2) is 7.15. The molecule has 2 amide bonds. The molecule has 120 valence electrons. The molecule has 3 rings (SSSR count). The van der Waals surface area contributed by atoms with Crippen LogP contribution in [0.4, 0.5) is 0 Å².